The smallest absolute Gasteiger partial charge is 0.306 e. The molecule has 1 N–H and O–H groups in total. The van der Waals surface area contributed by atoms with Crippen LogP contribution in [0.5, 0.6) is 0 Å². The Bertz CT molecular complexity index is 348. The Kier molecular flexibility index (Phi) is 3.61. The lowest BCUT2D eigenvalue weighted by atomic mass is 10.0. The van der Waals surface area contributed by atoms with E-state index in [4.69, 9.17) is 0 Å². The van der Waals surface area contributed by atoms with Gasteiger partial charge in [0.05, 0.1) is 26.0 Å². The van der Waals surface area contributed by atoms with Crippen molar-refractivity contribution in [3.8, 4) is 0 Å². The molecule has 94 valence electrons. The van der Waals surface area contributed by atoms with E-state index in [-0.39, 0.29) is 18.3 Å². The van der Waals surface area contributed by atoms with Crippen LogP contribution in [0.1, 0.15) is 19.3 Å². The molecule has 0 unspecified atom stereocenters. The average molecular weight is 239 g/mol. The number of ether oxygens (including phenoxy) is 1. The predicted octanol–water partition coefficient (Wildman–Crippen LogP) is -0.253. The summed E-state index contributed by atoms with van der Waals surface area (Å²) >= 11 is 0. The molecule has 2 aliphatic rings. The number of rotatable bonds is 2. The molecule has 0 bridgehead atoms. The summed E-state index contributed by atoms with van der Waals surface area (Å²) in [6.45, 7) is 2.26. The number of aliphatic imine (C=N–C) groups is 1. The van der Waals surface area contributed by atoms with Gasteiger partial charge in [-0.15, -0.1) is 0 Å². The molecule has 2 rings (SSSR count). The molecular weight excluding hydrogens is 222 g/mol. The summed E-state index contributed by atoms with van der Waals surface area (Å²) in [5.41, 5.74) is 0. The van der Waals surface area contributed by atoms with Gasteiger partial charge in [0.2, 0.25) is 11.9 Å². The summed E-state index contributed by atoms with van der Waals surface area (Å²) in [7, 11) is 1.32. The lowest BCUT2D eigenvalue weighted by Crippen LogP contribution is -2.49. The highest BCUT2D eigenvalue weighted by atomic mass is 16.5. The van der Waals surface area contributed by atoms with Crippen molar-refractivity contribution < 1.29 is 14.3 Å². The fraction of sp³-hybridized carbons (Fsp3) is 0.727. The van der Waals surface area contributed by atoms with E-state index < -0.39 is 5.92 Å². The lowest BCUT2D eigenvalue weighted by molar-refractivity contribution is -0.144. The number of carbonyl (C=O) groups excluding carboxylic acids is 2. The van der Waals surface area contributed by atoms with Crippen LogP contribution >= 0.6 is 0 Å². The summed E-state index contributed by atoms with van der Waals surface area (Å²) < 4.78 is 4.55. The van der Waals surface area contributed by atoms with Crippen molar-refractivity contribution in [3.63, 3.8) is 0 Å². The van der Waals surface area contributed by atoms with Crippen LogP contribution in [0.4, 0.5) is 0 Å². The lowest BCUT2D eigenvalue weighted by Gasteiger charge is -2.26. The van der Waals surface area contributed by atoms with Gasteiger partial charge in [0.15, 0.2) is 0 Å². The minimum atomic E-state index is -0.395. The minimum Gasteiger partial charge on any atom is -0.469 e. The van der Waals surface area contributed by atoms with E-state index in [0.29, 0.717) is 12.5 Å². The molecule has 1 atom stereocenters. The van der Waals surface area contributed by atoms with Crippen LogP contribution in [-0.4, -0.2) is 49.5 Å². The molecule has 1 fully saturated rings. The maximum Gasteiger partial charge on any atom is 0.306 e. The van der Waals surface area contributed by atoms with Gasteiger partial charge in [-0.2, -0.15) is 0 Å². The SMILES string of the molecule is COC(=O)C[C@@H]1CN=C(N2CCCC2)NC1=O. The van der Waals surface area contributed by atoms with Gasteiger partial charge in [0, 0.05) is 13.1 Å². The average Bonchev–Trinajstić information content (AvgIpc) is 2.85. The molecular formula is C11H17N3O3. The summed E-state index contributed by atoms with van der Waals surface area (Å²) in [6, 6.07) is 0. The molecule has 0 radical (unpaired) electrons. The molecule has 2 aliphatic heterocycles. The molecule has 0 aromatic carbocycles. The van der Waals surface area contributed by atoms with Gasteiger partial charge in [-0.1, -0.05) is 0 Å². The third kappa shape index (κ3) is 2.75. The number of guanidine groups is 1. The van der Waals surface area contributed by atoms with Crippen LogP contribution in [0, 0.1) is 5.92 Å². The fourth-order valence-electron chi connectivity index (χ4n) is 2.08. The topological polar surface area (TPSA) is 71.0 Å². The number of methoxy groups -OCH3 is 1. The summed E-state index contributed by atoms with van der Waals surface area (Å²) in [5.74, 6) is -0.236. The van der Waals surface area contributed by atoms with Crippen LogP contribution in [0.15, 0.2) is 4.99 Å². The van der Waals surface area contributed by atoms with E-state index >= 15 is 0 Å². The first-order chi connectivity index (χ1) is 8.20. The highest BCUT2D eigenvalue weighted by Crippen LogP contribution is 2.13. The number of esters is 1. The Morgan fingerprint density at radius 3 is 2.82 bits per heavy atom. The van der Waals surface area contributed by atoms with Crippen molar-refractivity contribution in [2.45, 2.75) is 19.3 Å². The molecule has 17 heavy (non-hydrogen) atoms. The predicted molar refractivity (Wildman–Crippen MR) is 61.4 cm³/mol. The largest absolute Gasteiger partial charge is 0.469 e. The summed E-state index contributed by atoms with van der Waals surface area (Å²) in [6.07, 6.45) is 2.38. The van der Waals surface area contributed by atoms with Gasteiger partial charge < -0.3 is 9.64 Å². The van der Waals surface area contributed by atoms with E-state index in [9.17, 15) is 9.59 Å². The Hall–Kier alpha value is -1.59. The highest BCUT2D eigenvalue weighted by molar-refractivity contribution is 6.00. The zero-order valence-electron chi connectivity index (χ0n) is 9.94. The van der Waals surface area contributed by atoms with E-state index in [2.05, 4.69) is 19.9 Å². The Labute approximate surface area is 100 Å². The quantitative estimate of drug-likeness (QED) is 0.674. The van der Waals surface area contributed by atoms with Crippen LogP contribution in [0.25, 0.3) is 0 Å². The number of nitrogens with one attached hydrogen (secondary N) is 1. The number of hydrogen-bond donors (Lipinski definition) is 1. The van der Waals surface area contributed by atoms with E-state index in [0.717, 1.165) is 25.9 Å². The first-order valence-electron chi connectivity index (χ1n) is 5.88. The van der Waals surface area contributed by atoms with Crippen molar-refractivity contribution in [1.82, 2.24) is 10.2 Å². The summed E-state index contributed by atoms with van der Waals surface area (Å²) in [4.78, 5) is 29.3. The number of amides is 1. The van der Waals surface area contributed by atoms with Crippen molar-refractivity contribution >= 4 is 17.8 Å². The number of carbonyl (C=O) groups is 2. The molecule has 2 heterocycles. The third-order valence-corrected chi connectivity index (χ3v) is 3.11. The first kappa shape index (κ1) is 11.9. The molecule has 1 amide bonds. The second-order valence-electron chi connectivity index (χ2n) is 4.32. The molecule has 0 spiro atoms. The fourth-order valence-corrected chi connectivity index (χ4v) is 2.08. The summed E-state index contributed by atoms with van der Waals surface area (Å²) in [5, 5.41) is 2.77. The molecule has 0 aromatic rings. The highest BCUT2D eigenvalue weighted by Gasteiger charge is 2.29. The monoisotopic (exact) mass is 239 g/mol. The first-order valence-corrected chi connectivity index (χ1v) is 5.88. The van der Waals surface area contributed by atoms with Gasteiger partial charge in [-0.3, -0.25) is 19.9 Å². The number of hydrogen-bond acceptors (Lipinski definition) is 5. The molecule has 0 aromatic heterocycles. The molecule has 1 saturated heterocycles. The van der Waals surface area contributed by atoms with E-state index in [1.807, 2.05) is 0 Å². The van der Waals surface area contributed by atoms with Gasteiger partial charge in [-0.25, -0.2) is 0 Å². The minimum absolute atomic E-state index is 0.0963. The van der Waals surface area contributed by atoms with Crippen molar-refractivity contribution in [3.05, 3.63) is 0 Å². The Morgan fingerprint density at radius 2 is 2.24 bits per heavy atom. The normalized spacial score (nSPS) is 24.3. The van der Waals surface area contributed by atoms with Gasteiger partial charge in [0.1, 0.15) is 0 Å². The van der Waals surface area contributed by atoms with Crippen molar-refractivity contribution in [1.29, 1.82) is 0 Å². The standard InChI is InChI=1S/C11H17N3O3/c1-17-9(15)6-8-7-12-11(13-10(8)16)14-4-2-3-5-14/h8H,2-7H2,1H3,(H,12,13,16)/t8-/m1/s1. The zero-order valence-corrected chi connectivity index (χ0v) is 9.94. The third-order valence-electron chi connectivity index (χ3n) is 3.11. The van der Waals surface area contributed by atoms with E-state index in [1.54, 1.807) is 0 Å². The van der Waals surface area contributed by atoms with Crippen LogP contribution in [0.3, 0.4) is 0 Å². The molecule has 0 aliphatic carbocycles. The maximum absolute atomic E-state index is 11.8. The Morgan fingerprint density at radius 1 is 1.53 bits per heavy atom. The van der Waals surface area contributed by atoms with Gasteiger partial charge in [-0.05, 0) is 12.8 Å². The molecule has 6 nitrogen and oxygen atoms in total. The van der Waals surface area contributed by atoms with Gasteiger partial charge >= 0.3 is 5.97 Å². The molecule has 6 heteroatoms. The van der Waals surface area contributed by atoms with Crippen molar-refractivity contribution in [2.24, 2.45) is 10.9 Å². The maximum atomic E-state index is 11.8. The Balaban J connectivity index is 1.94. The van der Waals surface area contributed by atoms with Crippen LogP contribution in [-0.2, 0) is 14.3 Å². The number of nitrogens with zero attached hydrogens (tertiary/aromatic N) is 2. The van der Waals surface area contributed by atoms with Gasteiger partial charge in [0.25, 0.3) is 0 Å². The molecule has 0 saturated carbocycles. The second kappa shape index (κ2) is 5.16. The zero-order chi connectivity index (χ0) is 12.3. The van der Waals surface area contributed by atoms with E-state index in [1.165, 1.54) is 7.11 Å². The number of likely N-dealkylation sites (tertiary alicyclic amines) is 1. The van der Waals surface area contributed by atoms with Crippen LogP contribution < -0.4 is 5.32 Å². The van der Waals surface area contributed by atoms with Crippen molar-refractivity contribution in [2.75, 3.05) is 26.7 Å². The second-order valence-corrected chi connectivity index (χ2v) is 4.32. The van der Waals surface area contributed by atoms with Crippen LogP contribution in [0.2, 0.25) is 0 Å².